The molecule has 0 atom stereocenters. The van der Waals surface area contributed by atoms with Crippen LogP contribution in [0.25, 0.3) is 0 Å². The fourth-order valence-corrected chi connectivity index (χ4v) is 1.23. The molecule has 15 heavy (non-hydrogen) atoms. The zero-order valence-corrected chi connectivity index (χ0v) is 9.71. The van der Waals surface area contributed by atoms with Crippen LogP contribution in [-0.4, -0.2) is 12.6 Å². The van der Waals surface area contributed by atoms with Gasteiger partial charge in [-0.15, -0.1) is 0 Å². The second-order valence-corrected chi connectivity index (χ2v) is 3.52. The van der Waals surface area contributed by atoms with Gasteiger partial charge in [0.05, 0.1) is 0 Å². The van der Waals surface area contributed by atoms with Gasteiger partial charge in [0.2, 0.25) is 0 Å². The summed E-state index contributed by atoms with van der Waals surface area (Å²) in [6, 6.07) is 0. The van der Waals surface area contributed by atoms with Crippen LogP contribution in [-0.2, 0) is 9.53 Å². The van der Waals surface area contributed by atoms with Crippen LogP contribution in [0.5, 0.6) is 0 Å². The van der Waals surface area contributed by atoms with Crippen LogP contribution in [0.3, 0.4) is 0 Å². The smallest absolute Gasteiger partial charge is 0.330 e. The van der Waals surface area contributed by atoms with E-state index in [0.29, 0.717) is 6.61 Å². The molecule has 0 saturated carbocycles. The topological polar surface area (TPSA) is 26.3 Å². The highest BCUT2D eigenvalue weighted by atomic mass is 16.5. The number of unbranched alkanes of at least 4 members (excludes halogenated alkanes) is 5. The van der Waals surface area contributed by atoms with Gasteiger partial charge in [-0.25, -0.2) is 4.79 Å². The van der Waals surface area contributed by atoms with Gasteiger partial charge in [-0.3, -0.25) is 0 Å². The number of rotatable bonds is 9. The Hall–Kier alpha value is -1.05. The molecule has 0 aromatic carbocycles. The van der Waals surface area contributed by atoms with Crippen LogP contribution in [0.4, 0.5) is 0 Å². The minimum atomic E-state index is -0.275. The predicted octanol–water partition coefficient (Wildman–Crippen LogP) is 3.63. The van der Waals surface area contributed by atoms with Gasteiger partial charge < -0.3 is 4.74 Å². The summed E-state index contributed by atoms with van der Waals surface area (Å²) in [6.07, 6.45) is 12.2. The third-order valence-corrected chi connectivity index (χ3v) is 2.07. The number of esters is 1. The van der Waals surface area contributed by atoms with Crippen LogP contribution in [0.2, 0.25) is 0 Å². The van der Waals surface area contributed by atoms with Crippen LogP contribution in [0.15, 0.2) is 24.8 Å². The van der Waals surface area contributed by atoms with Gasteiger partial charge in [-0.1, -0.05) is 51.3 Å². The summed E-state index contributed by atoms with van der Waals surface area (Å²) in [5.74, 6) is -0.275. The van der Waals surface area contributed by atoms with Crippen molar-refractivity contribution in [2.24, 2.45) is 0 Å². The molecular formula is C13H22O2. The standard InChI is InChI=1S/C13H22O2/c1-3-5-6-7-8-9-10-11-13(14)15-12-4-2/h4,10-11H,2-3,5-9,12H2,1H3. The van der Waals surface area contributed by atoms with Crippen molar-refractivity contribution < 1.29 is 9.53 Å². The van der Waals surface area contributed by atoms with Gasteiger partial charge in [-0.2, -0.15) is 0 Å². The second-order valence-electron chi connectivity index (χ2n) is 3.52. The van der Waals surface area contributed by atoms with E-state index in [9.17, 15) is 4.79 Å². The van der Waals surface area contributed by atoms with E-state index in [1.807, 2.05) is 6.08 Å². The van der Waals surface area contributed by atoms with E-state index < -0.39 is 0 Å². The van der Waals surface area contributed by atoms with E-state index in [4.69, 9.17) is 4.74 Å². The zero-order valence-electron chi connectivity index (χ0n) is 9.71. The van der Waals surface area contributed by atoms with Crippen molar-refractivity contribution in [1.82, 2.24) is 0 Å². The minimum absolute atomic E-state index is 0.275. The predicted molar refractivity (Wildman–Crippen MR) is 63.7 cm³/mol. The summed E-state index contributed by atoms with van der Waals surface area (Å²) in [5, 5.41) is 0. The second kappa shape index (κ2) is 11.0. The lowest BCUT2D eigenvalue weighted by molar-refractivity contribution is -0.136. The molecule has 0 bridgehead atoms. The molecule has 2 heteroatoms. The maximum atomic E-state index is 11.0. The van der Waals surface area contributed by atoms with Crippen LogP contribution < -0.4 is 0 Å². The molecule has 0 spiro atoms. The van der Waals surface area contributed by atoms with Gasteiger partial charge in [0.15, 0.2) is 0 Å². The first-order chi connectivity index (χ1) is 7.31. The van der Waals surface area contributed by atoms with Crippen molar-refractivity contribution in [2.45, 2.75) is 45.4 Å². The fourth-order valence-electron chi connectivity index (χ4n) is 1.23. The van der Waals surface area contributed by atoms with E-state index in [2.05, 4.69) is 13.5 Å². The van der Waals surface area contributed by atoms with E-state index in [1.165, 1.54) is 31.8 Å². The first-order valence-electron chi connectivity index (χ1n) is 5.75. The summed E-state index contributed by atoms with van der Waals surface area (Å²) < 4.78 is 4.79. The Kier molecular flexibility index (Phi) is 10.3. The average Bonchev–Trinajstić information content (AvgIpc) is 2.25. The molecule has 0 aliphatic carbocycles. The Morgan fingerprint density at radius 1 is 1.27 bits per heavy atom. The average molecular weight is 210 g/mol. The quantitative estimate of drug-likeness (QED) is 0.251. The molecule has 0 aromatic rings. The molecule has 0 unspecified atom stereocenters. The Balaban J connectivity index is 3.29. The molecule has 0 N–H and O–H groups in total. The SMILES string of the molecule is C=CCOC(=O)C=CCCCCCCC. The van der Waals surface area contributed by atoms with Crippen molar-refractivity contribution in [2.75, 3.05) is 6.61 Å². The summed E-state index contributed by atoms with van der Waals surface area (Å²) in [6.45, 7) is 5.96. The zero-order chi connectivity index (χ0) is 11.4. The molecule has 0 aromatic heterocycles. The van der Waals surface area contributed by atoms with Crippen molar-refractivity contribution in [1.29, 1.82) is 0 Å². The van der Waals surface area contributed by atoms with Crippen LogP contribution in [0.1, 0.15) is 45.4 Å². The van der Waals surface area contributed by atoms with E-state index >= 15 is 0 Å². The van der Waals surface area contributed by atoms with E-state index in [-0.39, 0.29) is 5.97 Å². The van der Waals surface area contributed by atoms with E-state index in [1.54, 1.807) is 6.08 Å². The highest BCUT2D eigenvalue weighted by Crippen LogP contribution is 2.05. The van der Waals surface area contributed by atoms with Gasteiger partial charge in [-0.05, 0) is 12.8 Å². The molecule has 0 amide bonds. The van der Waals surface area contributed by atoms with Crippen LogP contribution in [0, 0.1) is 0 Å². The molecule has 0 fully saturated rings. The van der Waals surface area contributed by atoms with Crippen molar-refractivity contribution in [3.8, 4) is 0 Å². The highest BCUT2D eigenvalue weighted by molar-refractivity contribution is 5.81. The normalized spacial score (nSPS) is 10.5. The number of allylic oxidation sites excluding steroid dienone is 1. The number of carbonyl (C=O) groups excluding carboxylic acids is 1. The highest BCUT2D eigenvalue weighted by Gasteiger charge is 1.92. The Bertz CT molecular complexity index is 195. The van der Waals surface area contributed by atoms with Gasteiger partial charge in [0, 0.05) is 6.08 Å². The van der Waals surface area contributed by atoms with Gasteiger partial charge in [0.25, 0.3) is 0 Å². The lowest BCUT2D eigenvalue weighted by atomic mass is 10.1. The maximum Gasteiger partial charge on any atom is 0.330 e. The van der Waals surface area contributed by atoms with E-state index in [0.717, 1.165) is 12.8 Å². The molecule has 86 valence electrons. The Morgan fingerprint density at radius 3 is 2.67 bits per heavy atom. The molecule has 0 aliphatic heterocycles. The first kappa shape index (κ1) is 13.9. The first-order valence-corrected chi connectivity index (χ1v) is 5.75. The van der Waals surface area contributed by atoms with Crippen molar-refractivity contribution >= 4 is 5.97 Å². The lowest BCUT2D eigenvalue weighted by Gasteiger charge is -1.97. The molecule has 0 radical (unpaired) electrons. The number of hydrogen-bond donors (Lipinski definition) is 0. The maximum absolute atomic E-state index is 11.0. The third-order valence-electron chi connectivity index (χ3n) is 2.07. The molecule has 0 aliphatic rings. The molecule has 0 saturated heterocycles. The van der Waals surface area contributed by atoms with Gasteiger partial charge >= 0.3 is 5.97 Å². The minimum Gasteiger partial charge on any atom is -0.458 e. The number of hydrogen-bond acceptors (Lipinski definition) is 2. The number of ether oxygens (including phenoxy) is 1. The van der Waals surface area contributed by atoms with Crippen LogP contribution >= 0.6 is 0 Å². The lowest BCUT2D eigenvalue weighted by Crippen LogP contribution is -1.99. The molecule has 0 heterocycles. The summed E-state index contributed by atoms with van der Waals surface area (Å²) >= 11 is 0. The number of carbonyl (C=O) groups is 1. The molecular weight excluding hydrogens is 188 g/mol. The molecule has 0 rings (SSSR count). The Labute approximate surface area is 93.0 Å². The summed E-state index contributed by atoms with van der Waals surface area (Å²) in [5.41, 5.74) is 0. The monoisotopic (exact) mass is 210 g/mol. The fraction of sp³-hybridized carbons (Fsp3) is 0.615. The van der Waals surface area contributed by atoms with Crippen molar-refractivity contribution in [3.05, 3.63) is 24.8 Å². The Morgan fingerprint density at radius 2 is 2.00 bits per heavy atom. The summed E-state index contributed by atoms with van der Waals surface area (Å²) in [7, 11) is 0. The third kappa shape index (κ3) is 10.9. The largest absolute Gasteiger partial charge is 0.458 e. The van der Waals surface area contributed by atoms with Gasteiger partial charge in [0.1, 0.15) is 6.61 Å². The molecule has 2 nitrogen and oxygen atoms in total. The summed E-state index contributed by atoms with van der Waals surface area (Å²) in [4.78, 5) is 11.0. The van der Waals surface area contributed by atoms with Crippen molar-refractivity contribution in [3.63, 3.8) is 0 Å².